The molecule has 2 heterocycles. The molecule has 0 amide bonds. The minimum atomic E-state index is -1.13. The first kappa shape index (κ1) is 14.8. The van der Waals surface area contributed by atoms with Crippen LogP contribution in [0.4, 0.5) is 5.82 Å². The second-order valence-electron chi connectivity index (χ2n) is 4.57. The smallest absolute Gasteiger partial charge is 0.356 e. The SMILES string of the molecule is Cc1cc(C(C)Nc2ccc(Cl)c(C(=O)O)n2)c(C)s1. The third kappa shape index (κ3) is 3.11. The van der Waals surface area contributed by atoms with E-state index in [1.54, 1.807) is 23.5 Å². The molecule has 20 heavy (non-hydrogen) atoms. The van der Waals surface area contributed by atoms with Gasteiger partial charge in [0.1, 0.15) is 5.82 Å². The van der Waals surface area contributed by atoms with E-state index in [0.29, 0.717) is 5.82 Å². The number of hydrogen-bond donors (Lipinski definition) is 2. The zero-order chi connectivity index (χ0) is 14.9. The van der Waals surface area contributed by atoms with Crippen molar-refractivity contribution in [1.82, 2.24) is 4.98 Å². The van der Waals surface area contributed by atoms with Crippen molar-refractivity contribution >= 4 is 34.7 Å². The zero-order valence-electron chi connectivity index (χ0n) is 11.4. The van der Waals surface area contributed by atoms with Crippen molar-refractivity contribution in [2.75, 3.05) is 5.32 Å². The minimum absolute atomic E-state index is 0.0512. The van der Waals surface area contributed by atoms with Crippen LogP contribution in [0, 0.1) is 13.8 Å². The largest absolute Gasteiger partial charge is 0.476 e. The topological polar surface area (TPSA) is 62.2 Å². The normalized spacial score (nSPS) is 12.2. The van der Waals surface area contributed by atoms with Gasteiger partial charge in [-0.3, -0.25) is 0 Å². The van der Waals surface area contributed by atoms with E-state index < -0.39 is 5.97 Å². The molecule has 2 aromatic rings. The fourth-order valence-corrected chi connectivity index (χ4v) is 3.26. The molecule has 0 saturated heterocycles. The Morgan fingerprint density at radius 3 is 2.70 bits per heavy atom. The fraction of sp³-hybridized carbons (Fsp3) is 0.286. The van der Waals surface area contributed by atoms with E-state index in [2.05, 4.69) is 30.2 Å². The molecular formula is C14H15ClN2O2S. The van der Waals surface area contributed by atoms with Crippen molar-refractivity contribution in [3.8, 4) is 0 Å². The number of anilines is 1. The van der Waals surface area contributed by atoms with Crippen LogP contribution in [0.25, 0.3) is 0 Å². The van der Waals surface area contributed by atoms with E-state index >= 15 is 0 Å². The first-order valence-electron chi connectivity index (χ1n) is 6.11. The average Bonchev–Trinajstić information content (AvgIpc) is 2.70. The number of halogens is 1. The van der Waals surface area contributed by atoms with Crippen molar-refractivity contribution in [3.05, 3.63) is 44.2 Å². The quantitative estimate of drug-likeness (QED) is 0.884. The lowest BCUT2D eigenvalue weighted by Gasteiger charge is -2.15. The van der Waals surface area contributed by atoms with E-state index in [1.807, 2.05) is 6.92 Å². The Morgan fingerprint density at radius 2 is 2.15 bits per heavy atom. The van der Waals surface area contributed by atoms with Gasteiger partial charge in [0.15, 0.2) is 5.69 Å². The van der Waals surface area contributed by atoms with Crippen molar-refractivity contribution in [2.24, 2.45) is 0 Å². The van der Waals surface area contributed by atoms with Crippen LogP contribution in [-0.4, -0.2) is 16.1 Å². The molecule has 0 saturated carbocycles. The van der Waals surface area contributed by atoms with Crippen LogP contribution in [-0.2, 0) is 0 Å². The number of aromatic nitrogens is 1. The Kier molecular flexibility index (Phi) is 4.30. The van der Waals surface area contributed by atoms with Crippen LogP contribution in [0.15, 0.2) is 18.2 Å². The summed E-state index contributed by atoms with van der Waals surface area (Å²) in [4.78, 5) is 17.5. The molecule has 6 heteroatoms. The molecule has 0 aliphatic carbocycles. The van der Waals surface area contributed by atoms with Gasteiger partial charge in [-0.15, -0.1) is 11.3 Å². The van der Waals surface area contributed by atoms with E-state index in [9.17, 15) is 4.79 Å². The lowest BCUT2D eigenvalue weighted by molar-refractivity contribution is 0.0691. The van der Waals surface area contributed by atoms with Gasteiger partial charge < -0.3 is 10.4 Å². The van der Waals surface area contributed by atoms with Crippen molar-refractivity contribution in [1.29, 1.82) is 0 Å². The Hall–Kier alpha value is -1.59. The molecule has 0 radical (unpaired) electrons. The second-order valence-corrected chi connectivity index (χ2v) is 6.43. The second kappa shape index (κ2) is 5.81. The van der Waals surface area contributed by atoms with Crippen LogP contribution in [0.5, 0.6) is 0 Å². The first-order valence-corrected chi connectivity index (χ1v) is 7.31. The molecule has 2 rings (SSSR count). The highest BCUT2D eigenvalue weighted by atomic mass is 35.5. The molecule has 2 N–H and O–H groups in total. The molecule has 2 aromatic heterocycles. The Morgan fingerprint density at radius 1 is 1.45 bits per heavy atom. The number of carboxylic acid groups (broad SMARTS) is 1. The third-order valence-corrected chi connectivity index (χ3v) is 4.25. The predicted octanol–water partition coefficient (Wildman–Crippen LogP) is 4.28. The highest BCUT2D eigenvalue weighted by Crippen LogP contribution is 2.28. The number of carboxylic acids is 1. The van der Waals surface area contributed by atoms with Crippen LogP contribution in [0.3, 0.4) is 0 Å². The summed E-state index contributed by atoms with van der Waals surface area (Å²) in [6.07, 6.45) is 0. The Labute approximate surface area is 126 Å². The Balaban J connectivity index is 2.24. The van der Waals surface area contributed by atoms with Gasteiger partial charge in [0.25, 0.3) is 0 Å². The van der Waals surface area contributed by atoms with E-state index in [4.69, 9.17) is 16.7 Å². The van der Waals surface area contributed by atoms with Gasteiger partial charge in [0.2, 0.25) is 0 Å². The summed E-state index contributed by atoms with van der Waals surface area (Å²) in [5.41, 5.74) is 1.06. The molecular weight excluding hydrogens is 296 g/mol. The summed E-state index contributed by atoms with van der Waals surface area (Å²) in [7, 11) is 0. The number of hydrogen-bond acceptors (Lipinski definition) is 4. The number of rotatable bonds is 4. The molecule has 0 aliphatic rings. The molecule has 1 unspecified atom stereocenters. The summed E-state index contributed by atoms with van der Waals surface area (Å²) in [5.74, 6) is -0.628. The van der Waals surface area contributed by atoms with Gasteiger partial charge >= 0.3 is 5.97 Å². The van der Waals surface area contributed by atoms with Crippen LogP contribution >= 0.6 is 22.9 Å². The van der Waals surface area contributed by atoms with E-state index in [1.165, 1.54) is 15.3 Å². The number of nitrogens with one attached hydrogen (secondary N) is 1. The summed E-state index contributed by atoms with van der Waals surface area (Å²) < 4.78 is 0. The first-order chi connectivity index (χ1) is 9.38. The molecule has 1 atom stereocenters. The average molecular weight is 311 g/mol. The standard InChI is InChI=1S/C14H15ClN2O2S/c1-7-6-10(9(3)20-7)8(2)16-12-5-4-11(15)13(17-12)14(18)19/h4-6,8H,1-3H3,(H,16,17)(H,18,19). The molecule has 0 fully saturated rings. The monoisotopic (exact) mass is 310 g/mol. The lowest BCUT2D eigenvalue weighted by Crippen LogP contribution is -2.10. The summed E-state index contributed by atoms with van der Waals surface area (Å²) in [6.45, 7) is 6.16. The maximum atomic E-state index is 11.0. The predicted molar refractivity (Wildman–Crippen MR) is 82.0 cm³/mol. The van der Waals surface area contributed by atoms with Gasteiger partial charge in [0.05, 0.1) is 11.1 Å². The number of aryl methyl sites for hydroxylation is 2. The summed E-state index contributed by atoms with van der Waals surface area (Å²) >= 11 is 7.55. The summed E-state index contributed by atoms with van der Waals surface area (Å²) in [5, 5.41) is 12.4. The van der Waals surface area contributed by atoms with Gasteiger partial charge in [0, 0.05) is 9.75 Å². The van der Waals surface area contributed by atoms with Gasteiger partial charge in [-0.25, -0.2) is 9.78 Å². The van der Waals surface area contributed by atoms with Gasteiger partial charge in [-0.1, -0.05) is 11.6 Å². The number of thiophene rings is 1. The van der Waals surface area contributed by atoms with Crippen molar-refractivity contribution in [2.45, 2.75) is 26.8 Å². The molecule has 106 valence electrons. The Bertz CT molecular complexity index is 655. The van der Waals surface area contributed by atoms with Crippen LogP contribution in [0.2, 0.25) is 5.02 Å². The molecule has 0 spiro atoms. The van der Waals surface area contributed by atoms with E-state index in [-0.39, 0.29) is 16.8 Å². The molecule has 0 bridgehead atoms. The summed E-state index contributed by atoms with van der Waals surface area (Å²) in [6, 6.07) is 5.40. The zero-order valence-corrected chi connectivity index (χ0v) is 13.0. The van der Waals surface area contributed by atoms with Gasteiger partial charge in [-0.2, -0.15) is 0 Å². The van der Waals surface area contributed by atoms with Crippen LogP contribution in [0.1, 0.15) is 38.8 Å². The van der Waals surface area contributed by atoms with E-state index in [0.717, 1.165) is 0 Å². The van der Waals surface area contributed by atoms with Crippen molar-refractivity contribution < 1.29 is 9.90 Å². The lowest BCUT2D eigenvalue weighted by atomic mass is 10.1. The molecule has 4 nitrogen and oxygen atoms in total. The molecule has 0 aromatic carbocycles. The maximum absolute atomic E-state index is 11.0. The number of nitrogens with zero attached hydrogens (tertiary/aromatic N) is 1. The van der Waals surface area contributed by atoms with Crippen LogP contribution < -0.4 is 5.32 Å². The fourth-order valence-electron chi connectivity index (χ4n) is 2.05. The van der Waals surface area contributed by atoms with Crippen molar-refractivity contribution in [3.63, 3.8) is 0 Å². The number of aromatic carboxylic acids is 1. The third-order valence-electron chi connectivity index (χ3n) is 2.96. The highest BCUT2D eigenvalue weighted by molar-refractivity contribution is 7.12. The van der Waals surface area contributed by atoms with Gasteiger partial charge in [-0.05, 0) is 44.5 Å². The number of carbonyl (C=O) groups is 1. The molecule has 0 aliphatic heterocycles. The maximum Gasteiger partial charge on any atom is 0.356 e. The number of pyridine rings is 1. The minimum Gasteiger partial charge on any atom is -0.476 e. The highest BCUT2D eigenvalue weighted by Gasteiger charge is 2.15.